The van der Waals surface area contributed by atoms with E-state index in [-0.39, 0.29) is 12.1 Å². The first kappa shape index (κ1) is 9.81. The highest BCUT2D eigenvalue weighted by Crippen LogP contribution is 2.40. The summed E-state index contributed by atoms with van der Waals surface area (Å²) in [6, 6.07) is 4.17. The minimum atomic E-state index is 0.173. The van der Waals surface area contributed by atoms with E-state index in [0.29, 0.717) is 0 Å². The number of aryl methyl sites for hydroxylation is 1. The van der Waals surface area contributed by atoms with Crippen molar-refractivity contribution in [3.63, 3.8) is 0 Å². The number of hydrogen-bond acceptors (Lipinski definition) is 2. The quantitative estimate of drug-likeness (QED) is 0.771. The van der Waals surface area contributed by atoms with Crippen LogP contribution in [0, 0.1) is 6.92 Å². The van der Waals surface area contributed by atoms with Crippen LogP contribution in [0.3, 0.4) is 0 Å². The van der Waals surface area contributed by atoms with Crippen LogP contribution in [0.2, 0.25) is 5.02 Å². The van der Waals surface area contributed by atoms with Gasteiger partial charge in [0.15, 0.2) is 0 Å². The number of halogens is 1. The van der Waals surface area contributed by atoms with E-state index in [0.717, 1.165) is 16.3 Å². The summed E-state index contributed by atoms with van der Waals surface area (Å²) in [4.78, 5) is 0. The summed E-state index contributed by atoms with van der Waals surface area (Å²) in [5.74, 6) is 0.987. The number of rotatable bonds is 1. The SMILES string of the molecule is CNC1c2cc(Cl)cc(C)c2OC1C. The van der Waals surface area contributed by atoms with E-state index in [4.69, 9.17) is 16.3 Å². The molecule has 76 valence electrons. The number of ether oxygens (including phenoxy) is 1. The van der Waals surface area contributed by atoms with Crippen molar-refractivity contribution >= 4 is 11.6 Å². The van der Waals surface area contributed by atoms with E-state index in [1.807, 2.05) is 26.1 Å². The highest BCUT2D eigenvalue weighted by Gasteiger charge is 2.31. The van der Waals surface area contributed by atoms with Gasteiger partial charge in [0, 0.05) is 10.6 Å². The van der Waals surface area contributed by atoms with Gasteiger partial charge in [-0.15, -0.1) is 0 Å². The van der Waals surface area contributed by atoms with Crippen LogP contribution in [0.5, 0.6) is 5.75 Å². The third-order valence-electron chi connectivity index (χ3n) is 2.69. The van der Waals surface area contributed by atoms with Gasteiger partial charge in [0.25, 0.3) is 0 Å². The van der Waals surface area contributed by atoms with Gasteiger partial charge in [0.05, 0.1) is 6.04 Å². The van der Waals surface area contributed by atoms with Crippen LogP contribution < -0.4 is 10.1 Å². The highest BCUT2D eigenvalue weighted by atomic mass is 35.5. The number of fused-ring (bicyclic) bond motifs is 1. The lowest BCUT2D eigenvalue weighted by Gasteiger charge is -2.12. The second-order valence-corrected chi connectivity index (χ2v) is 4.17. The Balaban J connectivity index is 2.53. The maximum Gasteiger partial charge on any atom is 0.127 e. The fraction of sp³-hybridized carbons (Fsp3) is 0.455. The molecule has 0 bridgehead atoms. The first-order chi connectivity index (χ1) is 6.63. The predicted octanol–water partition coefficient (Wildman–Crippen LogP) is 2.69. The van der Waals surface area contributed by atoms with E-state index >= 15 is 0 Å². The van der Waals surface area contributed by atoms with Crippen LogP contribution in [0.4, 0.5) is 0 Å². The van der Waals surface area contributed by atoms with Crippen LogP contribution in [-0.2, 0) is 0 Å². The Kier molecular flexibility index (Phi) is 2.41. The summed E-state index contributed by atoms with van der Waals surface area (Å²) in [7, 11) is 1.94. The average Bonchev–Trinajstić information content (AvgIpc) is 2.41. The van der Waals surface area contributed by atoms with Gasteiger partial charge in [-0.05, 0) is 38.6 Å². The van der Waals surface area contributed by atoms with Crippen LogP contribution in [0.15, 0.2) is 12.1 Å². The maximum absolute atomic E-state index is 6.02. The molecule has 1 aromatic carbocycles. The summed E-state index contributed by atoms with van der Waals surface area (Å²) < 4.78 is 5.77. The number of likely N-dealkylation sites (N-methyl/N-ethyl adjacent to an activating group) is 1. The normalized spacial score (nSPS) is 24.6. The zero-order valence-corrected chi connectivity index (χ0v) is 9.35. The Bertz CT molecular complexity index is 365. The Hall–Kier alpha value is -0.730. The maximum atomic E-state index is 6.02. The number of nitrogens with one attached hydrogen (secondary N) is 1. The zero-order chi connectivity index (χ0) is 10.3. The second kappa shape index (κ2) is 3.44. The lowest BCUT2D eigenvalue weighted by Crippen LogP contribution is -2.25. The average molecular weight is 212 g/mol. The first-order valence-corrected chi connectivity index (χ1v) is 5.15. The van der Waals surface area contributed by atoms with Crippen molar-refractivity contribution in [1.29, 1.82) is 0 Å². The molecule has 1 aliphatic heterocycles. The van der Waals surface area contributed by atoms with Crippen LogP contribution in [0.1, 0.15) is 24.1 Å². The Morgan fingerprint density at radius 3 is 2.79 bits per heavy atom. The van der Waals surface area contributed by atoms with Gasteiger partial charge in [0.1, 0.15) is 11.9 Å². The smallest absolute Gasteiger partial charge is 0.127 e. The number of benzene rings is 1. The molecule has 1 aromatic rings. The molecule has 2 nitrogen and oxygen atoms in total. The van der Waals surface area contributed by atoms with E-state index in [1.165, 1.54) is 5.56 Å². The van der Waals surface area contributed by atoms with E-state index in [9.17, 15) is 0 Å². The third-order valence-corrected chi connectivity index (χ3v) is 2.91. The standard InChI is InChI=1S/C11H14ClNO/c1-6-4-8(12)5-9-10(13-3)7(2)14-11(6)9/h4-5,7,10,13H,1-3H3. The van der Waals surface area contributed by atoms with Crippen LogP contribution >= 0.6 is 11.6 Å². The molecule has 0 fully saturated rings. The molecular weight excluding hydrogens is 198 g/mol. The molecular formula is C11H14ClNO. The van der Waals surface area contributed by atoms with Crippen molar-refractivity contribution < 1.29 is 4.74 Å². The minimum absolute atomic E-state index is 0.173. The molecule has 0 spiro atoms. The molecule has 1 heterocycles. The summed E-state index contributed by atoms with van der Waals surface area (Å²) in [5.41, 5.74) is 2.28. The molecule has 0 aromatic heterocycles. The highest BCUT2D eigenvalue weighted by molar-refractivity contribution is 6.30. The molecule has 1 N–H and O–H groups in total. The van der Waals surface area contributed by atoms with E-state index in [1.54, 1.807) is 0 Å². The molecule has 0 saturated carbocycles. The Labute approximate surface area is 89.2 Å². The third kappa shape index (κ3) is 1.39. The van der Waals surface area contributed by atoms with Crippen molar-refractivity contribution in [2.24, 2.45) is 0 Å². The summed E-state index contributed by atoms with van der Waals surface area (Å²) >= 11 is 6.02. The van der Waals surface area contributed by atoms with Gasteiger partial charge >= 0.3 is 0 Å². The molecule has 0 saturated heterocycles. The largest absolute Gasteiger partial charge is 0.488 e. The van der Waals surface area contributed by atoms with Crippen LogP contribution in [0.25, 0.3) is 0 Å². The molecule has 2 unspecified atom stereocenters. The first-order valence-electron chi connectivity index (χ1n) is 4.77. The number of hydrogen-bond donors (Lipinski definition) is 1. The fourth-order valence-corrected chi connectivity index (χ4v) is 2.33. The zero-order valence-electron chi connectivity index (χ0n) is 8.60. The molecule has 1 aliphatic rings. The molecule has 2 atom stereocenters. The van der Waals surface area contributed by atoms with Crippen molar-refractivity contribution in [2.75, 3.05) is 7.05 Å². The summed E-state index contributed by atoms with van der Waals surface area (Å²) in [6.07, 6.45) is 0.173. The van der Waals surface area contributed by atoms with Crippen molar-refractivity contribution in [3.8, 4) is 5.75 Å². The molecule has 2 rings (SSSR count). The monoisotopic (exact) mass is 211 g/mol. The van der Waals surface area contributed by atoms with E-state index in [2.05, 4.69) is 12.2 Å². The van der Waals surface area contributed by atoms with Crippen molar-refractivity contribution in [2.45, 2.75) is 26.0 Å². The Morgan fingerprint density at radius 1 is 1.43 bits per heavy atom. The second-order valence-electron chi connectivity index (χ2n) is 3.73. The van der Waals surface area contributed by atoms with Crippen molar-refractivity contribution in [1.82, 2.24) is 5.32 Å². The lowest BCUT2D eigenvalue weighted by molar-refractivity contribution is 0.213. The van der Waals surface area contributed by atoms with Gasteiger partial charge in [-0.25, -0.2) is 0 Å². The van der Waals surface area contributed by atoms with Gasteiger partial charge in [-0.2, -0.15) is 0 Å². The Morgan fingerprint density at radius 2 is 2.14 bits per heavy atom. The van der Waals surface area contributed by atoms with Gasteiger partial charge in [0.2, 0.25) is 0 Å². The summed E-state index contributed by atoms with van der Waals surface area (Å²) in [6.45, 7) is 4.09. The minimum Gasteiger partial charge on any atom is -0.488 e. The van der Waals surface area contributed by atoms with Crippen LogP contribution in [-0.4, -0.2) is 13.2 Å². The lowest BCUT2D eigenvalue weighted by atomic mass is 10.0. The fourth-order valence-electron chi connectivity index (χ4n) is 2.04. The molecule has 14 heavy (non-hydrogen) atoms. The van der Waals surface area contributed by atoms with Gasteiger partial charge < -0.3 is 10.1 Å². The summed E-state index contributed by atoms with van der Waals surface area (Å²) in [5, 5.41) is 4.02. The topological polar surface area (TPSA) is 21.3 Å². The van der Waals surface area contributed by atoms with Crippen molar-refractivity contribution in [3.05, 3.63) is 28.3 Å². The predicted molar refractivity (Wildman–Crippen MR) is 58.1 cm³/mol. The van der Waals surface area contributed by atoms with E-state index < -0.39 is 0 Å². The molecule has 3 heteroatoms. The van der Waals surface area contributed by atoms with Gasteiger partial charge in [-0.1, -0.05) is 11.6 Å². The molecule has 0 aliphatic carbocycles. The molecule has 0 amide bonds. The molecule has 0 radical (unpaired) electrons. The van der Waals surface area contributed by atoms with Gasteiger partial charge in [-0.3, -0.25) is 0 Å².